The van der Waals surface area contributed by atoms with Crippen molar-refractivity contribution >= 4 is 39.3 Å². The van der Waals surface area contributed by atoms with Gasteiger partial charge in [-0.2, -0.15) is 0 Å². The summed E-state index contributed by atoms with van der Waals surface area (Å²) < 4.78 is 0.896. The highest BCUT2D eigenvalue weighted by Gasteiger charge is 2.24. The highest BCUT2D eigenvalue weighted by Crippen LogP contribution is 2.17. The Morgan fingerprint density at radius 2 is 2.05 bits per heavy atom. The molecule has 0 aliphatic carbocycles. The second kappa shape index (κ2) is 7.09. The highest BCUT2D eigenvalue weighted by atomic mass is 79.9. The molecule has 0 unspecified atom stereocenters. The van der Waals surface area contributed by atoms with Gasteiger partial charge in [-0.25, -0.2) is 0 Å². The summed E-state index contributed by atoms with van der Waals surface area (Å²) in [4.78, 5) is 25.4. The van der Waals surface area contributed by atoms with E-state index in [1.165, 1.54) is 0 Å². The van der Waals surface area contributed by atoms with E-state index in [9.17, 15) is 9.59 Å². The van der Waals surface area contributed by atoms with Gasteiger partial charge in [-0.3, -0.25) is 9.59 Å². The lowest BCUT2D eigenvalue weighted by atomic mass is 10.0. The van der Waals surface area contributed by atoms with Gasteiger partial charge in [0, 0.05) is 29.2 Å². The van der Waals surface area contributed by atoms with Gasteiger partial charge in [0.05, 0.1) is 0 Å². The molecule has 0 radical (unpaired) electrons. The van der Waals surface area contributed by atoms with Crippen molar-refractivity contribution in [2.24, 2.45) is 0 Å². The minimum Gasteiger partial charge on any atom is -0.352 e. The molecule has 108 valence electrons. The zero-order chi connectivity index (χ0) is 14.5. The van der Waals surface area contributed by atoms with Crippen molar-refractivity contribution in [2.75, 3.05) is 19.0 Å². The van der Waals surface area contributed by atoms with Crippen LogP contribution in [0.25, 0.3) is 0 Å². The molecule has 1 fully saturated rings. The summed E-state index contributed by atoms with van der Waals surface area (Å²) in [6.07, 6.45) is 1.53. The highest BCUT2D eigenvalue weighted by molar-refractivity contribution is 9.10. The first-order valence-corrected chi connectivity index (χ1v) is 7.83. The summed E-state index contributed by atoms with van der Waals surface area (Å²) >= 11 is 8.83. The third-order valence-electron chi connectivity index (χ3n) is 3.34. The first-order chi connectivity index (χ1) is 9.60. The van der Waals surface area contributed by atoms with Crippen LogP contribution < -0.4 is 5.32 Å². The zero-order valence-corrected chi connectivity index (χ0v) is 13.3. The van der Waals surface area contributed by atoms with Crippen LogP contribution in [0.3, 0.4) is 0 Å². The molecule has 0 saturated carbocycles. The molecule has 2 rings (SSSR count). The molecule has 1 aliphatic rings. The molecule has 1 aliphatic heterocycles. The zero-order valence-electron chi connectivity index (χ0n) is 10.9. The lowest BCUT2D eigenvalue weighted by Gasteiger charge is -2.32. The molecular weight excluding hydrogens is 344 g/mol. The number of hydrogen-bond acceptors (Lipinski definition) is 2. The molecule has 20 heavy (non-hydrogen) atoms. The number of amides is 2. The molecule has 1 aromatic rings. The third kappa shape index (κ3) is 3.96. The summed E-state index contributed by atoms with van der Waals surface area (Å²) in [6.45, 7) is 1.30. The monoisotopic (exact) mass is 358 g/mol. The van der Waals surface area contributed by atoms with E-state index < -0.39 is 0 Å². The molecule has 0 spiro atoms. The number of piperidine rings is 1. The largest absolute Gasteiger partial charge is 0.352 e. The van der Waals surface area contributed by atoms with E-state index in [2.05, 4.69) is 21.2 Å². The predicted octanol–water partition coefficient (Wildman–Crippen LogP) is 2.41. The van der Waals surface area contributed by atoms with Crippen LogP contribution in [0.1, 0.15) is 23.2 Å². The predicted molar refractivity (Wildman–Crippen MR) is 81.9 cm³/mol. The Labute approximate surface area is 131 Å². The Morgan fingerprint density at radius 3 is 2.65 bits per heavy atom. The van der Waals surface area contributed by atoms with E-state index in [4.69, 9.17) is 11.6 Å². The van der Waals surface area contributed by atoms with Crippen molar-refractivity contribution < 1.29 is 9.59 Å². The van der Waals surface area contributed by atoms with Crippen molar-refractivity contribution in [3.63, 3.8) is 0 Å². The molecule has 1 saturated heterocycles. The number of alkyl halides is 1. The van der Waals surface area contributed by atoms with Gasteiger partial charge in [-0.05, 0) is 31.0 Å². The Kier molecular flexibility index (Phi) is 5.43. The number of carbonyl (C=O) groups excluding carboxylic acids is 2. The summed E-state index contributed by atoms with van der Waals surface area (Å²) in [5, 5.41) is 2.86. The summed E-state index contributed by atoms with van der Waals surface area (Å²) in [5.74, 6) is -0.131. The van der Waals surface area contributed by atoms with Crippen molar-refractivity contribution in [1.29, 1.82) is 0 Å². The quantitative estimate of drug-likeness (QED) is 0.843. The van der Waals surface area contributed by atoms with Crippen LogP contribution in [-0.4, -0.2) is 41.7 Å². The second-order valence-electron chi connectivity index (χ2n) is 4.78. The number of rotatable bonds is 3. The van der Waals surface area contributed by atoms with Crippen LogP contribution in [0.4, 0.5) is 0 Å². The van der Waals surface area contributed by atoms with Gasteiger partial charge in [0.1, 0.15) is 5.88 Å². The van der Waals surface area contributed by atoms with Crippen molar-refractivity contribution in [3.05, 3.63) is 34.3 Å². The van der Waals surface area contributed by atoms with E-state index in [1.54, 1.807) is 0 Å². The second-order valence-corrected chi connectivity index (χ2v) is 5.96. The topological polar surface area (TPSA) is 49.4 Å². The summed E-state index contributed by atoms with van der Waals surface area (Å²) in [7, 11) is 0. The smallest absolute Gasteiger partial charge is 0.253 e. The van der Waals surface area contributed by atoms with Gasteiger partial charge in [-0.15, -0.1) is 11.6 Å². The molecule has 4 nitrogen and oxygen atoms in total. The molecule has 1 aromatic carbocycles. The number of nitrogens with zero attached hydrogens (tertiary/aromatic N) is 1. The molecular formula is C14H16BrClN2O2. The molecule has 2 amide bonds. The van der Waals surface area contributed by atoms with Crippen LogP contribution in [-0.2, 0) is 4.79 Å². The number of likely N-dealkylation sites (tertiary alicyclic amines) is 1. The molecule has 0 bridgehead atoms. The van der Waals surface area contributed by atoms with Crippen molar-refractivity contribution in [1.82, 2.24) is 10.2 Å². The van der Waals surface area contributed by atoms with Gasteiger partial charge in [0.15, 0.2) is 0 Å². The number of nitrogens with one attached hydrogen (secondary N) is 1. The molecule has 6 heteroatoms. The normalized spacial score (nSPS) is 16.0. The lowest BCUT2D eigenvalue weighted by Crippen LogP contribution is -2.46. The minimum absolute atomic E-state index is 0.0167. The Hall–Kier alpha value is -1.07. The summed E-state index contributed by atoms with van der Waals surface area (Å²) in [6, 6.07) is 7.50. The SMILES string of the molecule is O=C(CCl)NC1CCN(C(=O)c2cccc(Br)c2)CC1. The van der Waals surface area contributed by atoms with Gasteiger partial charge >= 0.3 is 0 Å². The average molecular weight is 360 g/mol. The van der Waals surface area contributed by atoms with Gasteiger partial charge < -0.3 is 10.2 Å². The lowest BCUT2D eigenvalue weighted by molar-refractivity contribution is -0.119. The van der Waals surface area contributed by atoms with E-state index in [1.807, 2.05) is 29.2 Å². The third-order valence-corrected chi connectivity index (χ3v) is 4.08. The number of carbonyl (C=O) groups is 2. The Bertz CT molecular complexity index is 502. The molecule has 0 aromatic heterocycles. The minimum atomic E-state index is -0.150. The van der Waals surface area contributed by atoms with Crippen molar-refractivity contribution in [3.8, 4) is 0 Å². The number of hydrogen-bond donors (Lipinski definition) is 1. The average Bonchev–Trinajstić information content (AvgIpc) is 2.47. The Balaban J connectivity index is 1.90. The van der Waals surface area contributed by atoms with Crippen molar-refractivity contribution in [2.45, 2.75) is 18.9 Å². The standard InChI is InChI=1S/C14H16BrClN2O2/c15-11-3-1-2-10(8-11)14(20)18-6-4-12(5-7-18)17-13(19)9-16/h1-3,8,12H,4-7,9H2,(H,17,19). The maximum absolute atomic E-state index is 12.3. The van der Waals surface area contributed by atoms with Crippen LogP contribution >= 0.6 is 27.5 Å². The van der Waals surface area contributed by atoms with E-state index in [-0.39, 0.29) is 23.7 Å². The maximum Gasteiger partial charge on any atom is 0.253 e. The van der Waals surface area contributed by atoms with E-state index >= 15 is 0 Å². The van der Waals surface area contributed by atoms with Crippen LogP contribution in [0, 0.1) is 0 Å². The van der Waals surface area contributed by atoms with Crippen LogP contribution in [0.15, 0.2) is 28.7 Å². The fourth-order valence-electron chi connectivity index (χ4n) is 2.30. The van der Waals surface area contributed by atoms with Gasteiger partial charge in [0.25, 0.3) is 5.91 Å². The first-order valence-electron chi connectivity index (χ1n) is 6.50. The molecule has 0 atom stereocenters. The number of halogens is 2. The molecule has 1 heterocycles. The van der Waals surface area contributed by atoms with Gasteiger partial charge in [-0.1, -0.05) is 22.0 Å². The Morgan fingerprint density at radius 1 is 1.35 bits per heavy atom. The number of benzene rings is 1. The fraction of sp³-hybridized carbons (Fsp3) is 0.429. The summed E-state index contributed by atoms with van der Waals surface area (Å²) in [5.41, 5.74) is 0.683. The first kappa shape index (κ1) is 15.3. The molecule has 1 N–H and O–H groups in total. The maximum atomic E-state index is 12.3. The fourth-order valence-corrected chi connectivity index (χ4v) is 2.77. The van der Waals surface area contributed by atoms with Gasteiger partial charge in [0.2, 0.25) is 5.91 Å². The van der Waals surface area contributed by atoms with E-state index in [0.717, 1.165) is 17.3 Å². The van der Waals surface area contributed by atoms with E-state index in [0.29, 0.717) is 18.7 Å². The van der Waals surface area contributed by atoms with Crippen LogP contribution in [0.5, 0.6) is 0 Å². The van der Waals surface area contributed by atoms with Crippen LogP contribution in [0.2, 0.25) is 0 Å².